The fourth-order valence-corrected chi connectivity index (χ4v) is 5.78. The molecule has 4 aliphatic rings. The summed E-state index contributed by atoms with van der Waals surface area (Å²) in [4.78, 5) is 54.0. The van der Waals surface area contributed by atoms with E-state index in [1.807, 2.05) is 12.2 Å². The van der Waals surface area contributed by atoms with E-state index in [0.717, 1.165) is 6.42 Å². The van der Waals surface area contributed by atoms with E-state index >= 15 is 0 Å². The minimum Gasteiger partial charge on any atom is -0.426 e. The molecule has 2 heterocycles. The molecule has 0 radical (unpaired) electrons. The summed E-state index contributed by atoms with van der Waals surface area (Å²) in [5.41, 5.74) is 0.897. The van der Waals surface area contributed by atoms with Crippen molar-refractivity contribution in [3.05, 3.63) is 66.5 Å². The number of benzene rings is 2. The van der Waals surface area contributed by atoms with E-state index in [-0.39, 0.29) is 60.1 Å². The second kappa shape index (κ2) is 7.62. The van der Waals surface area contributed by atoms with E-state index in [0.29, 0.717) is 11.4 Å². The maximum absolute atomic E-state index is 13.2. The third-order valence-electron chi connectivity index (χ3n) is 7.36. The van der Waals surface area contributed by atoms with Gasteiger partial charge in [0.1, 0.15) is 11.6 Å². The number of ether oxygens (including phenoxy) is 1. The lowest BCUT2D eigenvalue weighted by Crippen LogP contribution is -2.32. The number of hydrogen-bond acceptors (Lipinski definition) is 5. The van der Waals surface area contributed by atoms with Crippen molar-refractivity contribution in [3.63, 3.8) is 0 Å². The summed E-state index contributed by atoms with van der Waals surface area (Å²) in [6.45, 7) is 0.130. The quantitative estimate of drug-likeness (QED) is 0.303. The predicted molar refractivity (Wildman–Crippen MR) is 119 cm³/mol. The summed E-state index contributed by atoms with van der Waals surface area (Å²) in [7, 11) is 0. The molecule has 5 atom stereocenters. The molecule has 1 saturated carbocycles. The molecular weight excluding hydrogens is 439 g/mol. The summed E-state index contributed by atoms with van der Waals surface area (Å²) >= 11 is 0. The van der Waals surface area contributed by atoms with Gasteiger partial charge in [0.05, 0.1) is 23.4 Å². The number of carbonyl (C=O) groups is 4. The van der Waals surface area contributed by atoms with Crippen LogP contribution in [0.1, 0.15) is 12.8 Å². The first-order valence-corrected chi connectivity index (χ1v) is 11.3. The number of hydrogen-bond donors (Lipinski definition) is 0. The molecule has 3 amide bonds. The number of carbonyl (C=O) groups excluding carboxylic acids is 4. The van der Waals surface area contributed by atoms with Crippen LogP contribution in [0.5, 0.6) is 5.75 Å². The molecule has 0 spiro atoms. The minimum atomic E-state index is -0.683. The van der Waals surface area contributed by atoms with Crippen molar-refractivity contribution in [1.82, 2.24) is 0 Å². The van der Waals surface area contributed by atoms with Gasteiger partial charge in [0.2, 0.25) is 17.7 Å². The number of nitrogens with zero attached hydrogens (tertiary/aromatic N) is 2. The Labute approximate surface area is 194 Å². The van der Waals surface area contributed by atoms with Crippen molar-refractivity contribution in [3.8, 4) is 5.75 Å². The van der Waals surface area contributed by atoms with Crippen LogP contribution in [0.3, 0.4) is 0 Å². The van der Waals surface area contributed by atoms with Crippen molar-refractivity contribution in [2.24, 2.45) is 29.6 Å². The van der Waals surface area contributed by atoms with Gasteiger partial charge in [0.15, 0.2) is 0 Å². The van der Waals surface area contributed by atoms with Crippen LogP contribution >= 0.6 is 0 Å². The van der Waals surface area contributed by atoms with Gasteiger partial charge in [-0.15, -0.1) is 0 Å². The highest BCUT2D eigenvalue weighted by Gasteiger charge is 2.59. The predicted octanol–water partition coefficient (Wildman–Crippen LogP) is 3.10. The third kappa shape index (κ3) is 3.16. The lowest BCUT2D eigenvalue weighted by molar-refractivity contribution is -0.139. The first kappa shape index (κ1) is 20.8. The molecule has 0 aromatic heterocycles. The zero-order valence-corrected chi connectivity index (χ0v) is 18.1. The standard InChI is InChI=1S/C26H21FN2O5/c27-17-6-8-18(9-7-17)28-13-16(11-21(28)30)26(33)34-20-3-1-2-19(12-20)29-24(31)22-14-4-5-15(10-14)23(22)25(29)32/h1-9,12,14-16,22-23H,10-11,13H2/t14-,15-,16+,22+,23+/m0/s1. The largest absolute Gasteiger partial charge is 0.426 e. The summed E-state index contributed by atoms with van der Waals surface area (Å²) in [5.74, 6) is -2.51. The van der Waals surface area contributed by atoms with Gasteiger partial charge >= 0.3 is 5.97 Å². The van der Waals surface area contributed by atoms with Crippen LogP contribution in [-0.4, -0.2) is 30.2 Å². The molecule has 2 bridgehead atoms. The molecular formula is C26H21FN2O5. The molecule has 2 aliphatic carbocycles. The Kier molecular flexibility index (Phi) is 4.65. The van der Waals surface area contributed by atoms with E-state index < -0.39 is 17.7 Å². The molecule has 3 fully saturated rings. The third-order valence-corrected chi connectivity index (χ3v) is 7.36. The van der Waals surface area contributed by atoms with Crippen molar-refractivity contribution in [2.75, 3.05) is 16.3 Å². The highest BCUT2D eigenvalue weighted by molar-refractivity contribution is 6.22. The molecule has 172 valence electrons. The van der Waals surface area contributed by atoms with Gasteiger partial charge in [-0.1, -0.05) is 18.2 Å². The van der Waals surface area contributed by atoms with Gasteiger partial charge in [0.25, 0.3) is 0 Å². The number of esters is 1. The van der Waals surface area contributed by atoms with Crippen LogP contribution in [0.2, 0.25) is 0 Å². The molecule has 2 aromatic carbocycles. The fraction of sp³-hybridized carbons (Fsp3) is 0.308. The number of amides is 3. The van der Waals surface area contributed by atoms with Gasteiger partial charge in [-0.25, -0.2) is 9.29 Å². The Morgan fingerprint density at radius 2 is 1.59 bits per heavy atom. The monoisotopic (exact) mass is 460 g/mol. The summed E-state index contributed by atoms with van der Waals surface area (Å²) in [5, 5.41) is 0. The van der Waals surface area contributed by atoms with Gasteiger partial charge in [-0.3, -0.25) is 19.2 Å². The van der Waals surface area contributed by atoms with E-state index in [9.17, 15) is 23.6 Å². The molecule has 0 N–H and O–H groups in total. The normalized spacial score (nSPS) is 29.3. The smallest absolute Gasteiger partial charge is 0.316 e. The van der Waals surface area contributed by atoms with Crippen molar-refractivity contribution < 1.29 is 28.3 Å². The van der Waals surface area contributed by atoms with Crippen LogP contribution < -0.4 is 14.5 Å². The number of imide groups is 1. The molecule has 34 heavy (non-hydrogen) atoms. The maximum Gasteiger partial charge on any atom is 0.316 e. The molecule has 2 aliphatic heterocycles. The maximum atomic E-state index is 13.2. The first-order valence-electron chi connectivity index (χ1n) is 11.3. The number of rotatable bonds is 4. The molecule has 0 unspecified atom stereocenters. The van der Waals surface area contributed by atoms with Crippen molar-refractivity contribution in [1.29, 1.82) is 0 Å². The Bertz CT molecular complexity index is 1230. The van der Waals surface area contributed by atoms with Crippen molar-refractivity contribution >= 4 is 35.1 Å². The van der Waals surface area contributed by atoms with E-state index in [1.165, 1.54) is 40.1 Å². The highest BCUT2D eigenvalue weighted by atomic mass is 19.1. The van der Waals surface area contributed by atoms with E-state index in [4.69, 9.17) is 4.74 Å². The average Bonchev–Trinajstić information content (AvgIpc) is 3.58. The van der Waals surface area contributed by atoms with Gasteiger partial charge in [0, 0.05) is 24.7 Å². The summed E-state index contributed by atoms with van der Waals surface area (Å²) in [6.07, 6.45) is 4.92. The van der Waals surface area contributed by atoms with Crippen LogP contribution in [0.4, 0.5) is 15.8 Å². The highest BCUT2D eigenvalue weighted by Crippen LogP contribution is 2.53. The second-order valence-corrected chi connectivity index (χ2v) is 9.31. The van der Waals surface area contributed by atoms with Crippen LogP contribution in [-0.2, 0) is 19.2 Å². The Hall–Kier alpha value is -3.81. The topological polar surface area (TPSA) is 84.0 Å². The Morgan fingerprint density at radius 1 is 0.912 bits per heavy atom. The summed E-state index contributed by atoms with van der Waals surface area (Å²) < 4.78 is 18.7. The number of allylic oxidation sites excluding steroid dienone is 2. The van der Waals surface area contributed by atoms with Crippen LogP contribution in [0.25, 0.3) is 0 Å². The second-order valence-electron chi connectivity index (χ2n) is 9.31. The average molecular weight is 460 g/mol. The Balaban J connectivity index is 1.16. The lowest BCUT2D eigenvalue weighted by Gasteiger charge is -2.18. The summed E-state index contributed by atoms with van der Waals surface area (Å²) in [6, 6.07) is 11.9. The SMILES string of the molecule is O=C(Oc1cccc(N2C(=O)[C@H]3[C@H](C2=O)[C@H]2C=C[C@H]3C2)c1)[C@@H]1CC(=O)N(c2ccc(F)cc2)C1. The number of anilines is 2. The van der Waals surface area contributed by atoms with E-state index in [2.05, 4.69) is 0 Å². The van der Waals surface area contributed by atoms with Gasteiger partial charge in [-0.2, -0.15) is 0 Å². The fourth-order valence-electron chi connectivity index (χ4n) is 5.78. The first-order chi connectivity index (χ1) is 16.4. The van der Waals surface area contributed by atoms with Crippen molar-refractivity contribution in [2.45, 2.75) is 12.8 Å². The molecule has 8 heteroatoms. The van der Waals surface area contributed by atoms with E-state index in [1.54, 1.807) is 18.2 Å². The zero-order chi connectivity index (χ0) is 23.6. The minimum absolute atomic E-state index is 0.0157. The van der Waals surface area contributed by atoms with Crippen LogP contribution in [0, 0.1) is 35.4 Å². The van der Waals surface area contributed by atoms with Gasteiger partial charge < -0.3 is 9.64 Å². The molecule has 7 nitrogen and oxygen atoms in total. The lowest BCUT2D eigenvalue weighted by atomic mass is 9.85. The molecule has 2 saturated heterocycles. The number of fused-ring (bicyclic) bond motifs is 5. The Morgan fingerprint density at radius 3 is 2.26 bits per heavy atom. The molecule has 6 rings (SSSR count). The van der Waals surface area contributed by atoms with Crippen LogP contribution in [0.15, 0.2) is 60.7 Å². The van der Waals surface area contributed by atoms with Gasteiger partial charge in [-0.05, 0) is 54.7 Å². The number of halogens is 1. The zero-order valence-electron chi connectivity index (χ0n) is 18.1. The molecule has 2 aromatic rings.